The van der Waals surface area contributed by atoms with Crippen molar-refractivity contribution in [2.24, 2.45) is 0 Å². The third-order valence-corrected chi connectivity index (χ3v) is 2.83. The van der Waals surface area contributed by atoms with Gasteiger partial charge in [-0.15, -0.1) is 10.2 Å². The second-order valence-electron chi connectivity index (χ2n) is 3.72. The molecule has 2 N–H and O–H groups in total. The first-order valence-electron chi connectivity index (χ1n) is 5.12. The molecule has 2 rings (SSSR count). The maximum atomic E-state index is 5.54. The van der Waals surface area contributed by atoms with E-state index in [1.807, 2.05) is 31.2 Å². The average molecular weight is 247 g/mol. The lowest BCUT2D eigenvalue weighted by atomic mass is 10.2. The van der Waals surface area contributed by atoms with Crippen LogP contribution in [0.3, 0.4) is 0 Å². The molecule has 5 heteroatoms. The van der Waals surface area contributed by atoms with E-state index in [1.165, 1.54) is 11.3 Å². The van der Waals surface area contributed by atoms with E-state index in [9.17, 15) is 0 Å². The van der Waals surface area contributed by atoms with Gasteiger partial charge in [0.1, 0.15) is 17.4 Å². The molecule has 0 atom stereocenters. The summed E-state index contributed by atoms with van der Waals surface area (Å²) in [5, 5.41) is 9.05. The van der Waals surface area contributed by atoms with Crippen molar-refractivity contribution < 1.29 is 4.74 Å². The van der Waals surface area contributed by atoms with Gasteiger partial charge in [0.05, 0.1) is 0 Å². The highest BCUT2D eigenvalue weighted by Crippen LogP contribution is 2.26. The van der Waals surface area contributed by atoms with Gasteiger partial charge in [0, 0.05) is 5.56 Å². The van der Waals surface area contributed by atoms with Crippen LogP contribution in [0.5, 0.6) is 5.75 Å². The van der Waals surface area contributed by atoms with Crippen LogP contribution in [0.15, 0.2) is 36.4 Å². The maximum absolute atomic E-state index is 5.54. The lowest BCUT2D eigenvalue weighted by Crippen LogP contribution is -1.96. The Morgan fingerprint density at radius 1 is 1.35 bits per heavy atom. The van der Waals surface area contributed by atoms with E-state index in [0.717, 1.165) is 21.9 Å². The van der Waals surface area contributed by atoms with E-state index in [4.69, 9.17) is 10.5 Å². The normalized spacial score (nSPS) is 10.2. The van der Waals surface area contributed by atoms with Crippen LogP contribution in [-0.2, 0) is 0 Å². The van der Waals surface area contributed by atoms with E-state index in [0.29, 0.717) is 11.7 Å². The summed E-state index contributed by atoms with van der Waals surface area (Å²) in [5.41, 5.74) is 7.52. The zero-order valence-corrected chi connectivity index (χ0v) is 10.3. The largest absolute Gasteiger partial charge is 0.489 e. The van der Waals surface area contributed by atoms with E-state index in [2.05, 4.69) is 16.8 Å². The molecule has 2 aromatic rings. The molecule has 0 saturated heterocycles. The Balaban J connectivity index is 2.10. The van der Waals surface area contributed by atoms with Gasteiger partial charge in [-0.2, -0.15) is 0 Å². The Bertz CT molecular complexity index is 519. The second kappa shape index (κ2) is 4.97. The molecule has 0 aliphatic heterocycles. The van der Waals surface area contributed by atoms with Crippen molar-refractivity contribution in [1.82, 2.24) is 10.2 Å². The van der Waals surface area contributed by atoms with Crippen molar-refractivity contribution in [3.63, 3.8) is 0 Å². The fourth-order valence-electron chi connectivity index (χ4n) is 1.25. The number of anilines is 1. The molecule has 1 aromatic heterocycles. The number of nitrogens with two attached hydrogens (primary N) is 1. The molecule has 0 aliphatic rings. The van der Waals surface area contributed by atoms with Gasteiger partial charge >= 0.3 is 0 Å². The van der Waals surface area contributed by atoms with Crippen molar-refractivity contribution in [1.29, 1.82) is 0 Å². The van der Waals surface area contributed by atoms with Crippen LogP contribution in [-0.4, -0.2) is 16.8 Å². The fraction of sp³-hybridized carbons (Fsp3) is 0.167. The minimum Gasteiger partial charge on any atom is -0.489 e. The summed E-state index contributed by atoms with van der Waals surface area (Å²) >= 11 is 1.37. The van der Waals surface area contributed by atoms with E-state index in [-0.39, 0.29) is 0 Å². The van der Waals surface area contributed by atoms with Crippen LogP contribution < -0.4 is 10.5 Å². The molecule has 4 nitrogen and oxygen atoms in total. The lowest BCUT2D eigenvalue weighted by molar-refractivity contribution is 0.353. The molecule has 88 valence electrons. The predicted octanol–water partition coefficient (Wildman–Crippen LogP) is 2.74. The summed E-state index contributed by atoms with van der Waals surface area (Å²) in [5.74, 6) is 0.814. The molecule has 0 radical (unpaired) electrons. The summed E-state index contributed by atoms with van der Waals surface area (Å²) in [6, 6.07) is 7.67. The van der Waals surface area contributed by atoms with E-state index >= 15 is 0 Å². The van der Waals surface area contributed by atoms with E-state index in [1.54, 1.807) is 0 Å². The van der Waals surface area contributed by atoms with Gasteiger partial charge in [-0.05, 0) is 36.8 Å². The number of nitrogen functional groups attached to an aromatic ring is 1. The Morgan fingerprint density at radius 3 is 2.59 bits per heavy atom. The summed E-state index contributed by atoms with van der Waals surface area (Å²) in [7, 11) is 0. The molecular weight excluding hydrogens is 234 g/mol. The van der Waals surface area contributed by atoms with Gasteiger partial charge in [0.15, 0.2) is 0 Å². The minimum atomic E-state index is 0.475. The summed E-state index contributed by atoms with van der Waals surface area (Å²) in [4.78, 5) is 0. The van der Waals surface area contributed by atoms with Crippen LogP contribution in [0.2, 0.25) is 0 Å². The van der Waals surface area contributed by atoms with Gasteiger partial charge in [0.25, 0.3) is 0 Å². The zero-order chi connectivity index (χ0) is 12.3. The zero-order valence-electron chi connectivity index (χ0n) is 9.51. The lowest BCUT2D eigenvalue weighted by Gasteiger charge is -2.05. The quantitative estimate of drug-likeness (QED) is 0.844. The highest BCUT2D eigenvalue weighted by atomic mass is 32.1. The van der Waals surface area contributed by atoms with Gasteiger partial charge in [-0.1, -0.05) is 17.9 Å². The minimum absolute atomic E-state index is 0.475. The number of aromatic nitrogens is 2. The van der Waals surface area contributed by atoms with Crippen LogP contribution in [0.25, 0.3) is 10.6 Å². The summed E-state index contributed by atoms with van der Waals surface area (Å²) < 4.78 is 5.51. The van der Waals surface area contributed by atoms with Crippen molar-refractivity contribution >= 4 is 16.5 Å². The van der Waals surface area contributed by atoms with Crippen LogP contribution in [0, 0.1) is 0 Å². The number of ether oxygens (including phenoxy) is 1. The molecule has 1 heterocycles. The van der Waals surface area contributed by atoms with Crippen molar-refractivity contribution in [3.05, 3.63) is 36.4 Å². The van der Waals surface area contributed by atoms with Crippen molar-refractivity contribution in [3.8, 4) is 16.3 Å². The smallest absolute Gasteiger partial charge is 0.203 e. The number of hydrogen-bond donors (Lipinski definition) is 1. The topological polar surface area (TPSA) is 61.0 Å². The SMILES string of the molecule is C=C(C)COc1ccc(-c2nnc(N)s2)cc1. The summed E-state index contributed by atoms with van der Waals surface area (Å²) in [6.07, 6.45) is 0. The molecule has 0 fully saturated rings. The van der Waals surface area contributed by atoms with Gasteiger partial charge in [-0.3, -0.25) is 0 Å². The van der Waals surface area contributed by atoms with Crippen LogP contribution in [0.1, 0.15) is 6.92 Å². The first-order chi connectivity index (χ1) is 8.15. The standard InChI is InChI=1S/C12H13N3OS/c1-8(2)7-16-10-5-3-9(4-6-10)11-14-15-12(13)17-11/h3-6H,1,7H2,2H3,(H2,13,15). The Hall–Kier alpha value is -1.88. The molecule has 0 amide bonds. The number of hydrogen-bond acceptors (Lipinski definition) is 5. The third kappa shape index (κ3) is 3.04. The first-order valence-corrected chi connectivity index (χ1v) is 5.93. The Labute approximate surface area is 104 Å². The number of nitrogens with zero attached hydrogens (tertiary/aromatic N) is 2. The van der Waals surface area contributed by atoms with Crippen molar-refractivity contribution in [2.45, 2.75) is 6.92 Å². The number of rotatable bonds is 4. The van der Waals surface area contributed by atoms with E-state index < -0.39 is 0 Å². The molecular formula is C12H13N3OS. The van der Waals surface area contributed by atoms with Gasteiger partial charge in [0.2, 0.25) is 5.13 Å². The molecule has 17 heavy (non-hydrogen) atoms. The third-order valence-electron chi connectivity index (χ3n) is 2.03. The highest BCUT2D eigenvalue weighted by Gasteiger charge is 2.04. The predicted molar refractivity (Wildman–Crippen MR) is 70.1 cm³/mol. The van der Waals surface area contributed by atoms with Crippen molar-refractivity contribution in [2.75, 3.05) is 12.3 Å². The average Bonchev–Trinajstić information content (AvgIpc) is 2.74. The monoisotopic (exact) mass is 247 g/mol. The van der Waals surface area contributed by atoms with Crippen LogP contribution >= 0.6 is 11.3 Å². The molecule has 0 unspecified atom stereocenters. The van der Waals surface area contributed by atoms with Gasteiger partial charge < -0.3 is 10.5 Å². The maximum Gasteiger partial charge on any atom is 0.203 e. The highest BCUT2D eigenvalue weighted by molar-refractivity contribution is 7.18. The van der Waals surface area contributed by atoms with Crippen LogP contribution in [0.4, 0.5) is 5.13 Å². The molecule has 0 aliphatic carbocycles. The molecule has 1 aromatic carbocycles. The first kappa shape index (κ1) is 11.6. The molecule has 0 bridgehead atoms. The molecule has 0 saturated carbocycles. The Morgan fingerprint density at radius 2 is 2.06 bits per heavy atom. The fourth-order valence-corrected chi connectivity index (χ4v) is 1.87. The second-order valence-corrected chi connectivity index (χ2v) is 4.72. The number of benzene rings is 1. The molecule has 0 spiro atoms. The summed E-state index contributed by atoms with van der Waals surface area (Å²) in [6.45, 7) is 6.24. The van der Waals surface area contributed by atoms with Gasteiger partial charge in [-0.25, -0.2) is 0 Å². The Kier molecular flexibility index (Phi) is 3.39.